The van der Waals surface area contributed by atoms with Gasteiger partial charge in [-0.05, 0) is 23.4 Å². The Bertz CT molecular complexity index is 534. The molecule has 0 fully saturated rings. The number of carbonyl (C=O) groups is 1. The van der Waals surface area contributed by atoms with Gasteiger partial charge in [0.25, 0.3) is 0 Å². The van der Waals surface area contributed by atoms with Crippen molar-refractivity contribution < 1.29 is 14.3 Å². The molecule has 3 heteroatoms. The number of aryl methyl sites for hydroxylation is 1. The van der Waals surface area contributed by atoms with Crippen molar-refractivity contribution in [3.05, 3.63) is 47.8 Å². The maximum Gasteiger partial charge on any atom is 0.303 e. The Morgan fingerprint density at radius 1 is 1.12 bits per heavy atom. The molecule has 2 aromatic carbocycles. The van der Waals surface area contributed by atoms with Gasteiger partial charge in [0.15, 0.2) is 0 Å². The van der Waals surface area contributed by atoms with Crippen LogP contribution in [0.3, 0.4) is 0 Å². The summed E-state index contributed by atoms with van der Waals surface area (Å²) in [6, 6.07) is 10.2. The van der Waals surface area contributed by atoms with E-state index in [1.54, 1.807) is 18.2 Å². The molecule has 2 nitrogen and oxygen atoms in total. The standard InChI is InChI=1S/C13H11FO2/c14-12-6-2-4-10-9(7-8-13(15)16)3-1-5-11(10)12/h1-6H,7-8H2,(H,15,16). The van der Waals surface area contributed by atoms with Gasteiger partial charge in [0.05, 0.1) is 0 Å². The van der Waals surface area contributed by atoms with Gasteiger partial charge in [0.1, 0.15) is 5.82 Å². The lowest BCUT2D eigenvalue weighted by atomic mass is 10.0. The maximum absolute atomic E-state index is 13.4. The number of carboxylic acids is 1. The number of hydrogen-bond donors (Lipinski definition) is 1. The summed E-state index contributed by atoms with van der Waals surface area (Å²) in [5, 5.41) is 9.97. The first-order valence-electron chi connectivity index (χ1n) is 5.06. The SMILES string of the molecule is O=C(O)CCc1cccc2c(F)cccc12. The molecule has 0 aromatic heterocycles. The number of fused-ring (bicyclic) bond motifs is 1. The van der Waals surface area contributed by atoms with Crippen LogP contribution in [0.4, 0.5) is 4.39 Å². The van der Waals surface area contributed by atoms with Gasteiger partial charge in [-0.3, -0.25) is 4.79 Å². The zero-order valence-corrected chi connectivity index (χ0v) is 8.61. The number of hydrogen-bond acceptors (Lipinski definition) is 1. The van der Waals surface area contributed by atoms with Crippen LogP contribution in [0.2, 0.25) is 0 Å². The van der Waals surface area contributed by atoms with Crippen LogP contribution >= 0.6 is 0 Å². The van der Waals surface area contributed by atoms with E-state index in [0.717, 1.165) is 10.9 Å². The average molecular weight is 218 g/mol. The predicted molar refractivity (Wildman–Crippen MR) is 59.9 cm³/mol. The zero-order chi connectivity index (χ0) is 11.5. The third-order valence-electron chi connectivity index (χ3n) is 2.57. The number of halogens is 1. The van der Waals surface area contributed by atoms with E-state index in [4.69, 9.17) is 5.11 Å². The molecule has 16 heavy (non-hydrogen) atoms. The summed E-state index contributed by atoms with van der Waals surface area (Å²) in [6.07, 6.45) is 0.492. The average Bonchev–Trinajstić information content (AvgIpc) is 2.27. The van der Waals surface area contributed by atoms with Gasteiger partial charge in [0.2, 0.25) is 0 Å². The van der Waals surface area contributed by atoms with Crippen LogP contribution in [-0.4, -0.2) is 11.1 Å². The van der Waals surface area contributed by atoms with E-state index in [1.165, 1.54) is 6.07 Å². The Morgan fingerprint density at radius 2 is 1.81 bits per heavy atom. The lowest BCUT2D eigenvalue weighted by Crippen LogP contribution is -1.98. The van der Waals surface area contributed by atoms with Crippen LogP contribution in [0.5, 0.6) is 0 Å². The van der Waals surface area contributed by atoms with Crippen LogP contribution in [-0.2, 0) is 11.2 Å². The van der Waals surface area contributed by atoms with Crippen molar-refractivity contribution in [3.8, 4) is 0 Å². The third-order valence-corrected chi connectivity index (χ3v) is 2.57. The van der Waals surface area contributed by atoms with E-state index < -0.39 is 5.97 Å². The summed E-state index contributed by atoms with van der Waals surface area (Å²) < 4.78 is 13.4. The number of benzene rings is 2. The number of aliphatic carboxylic acids is 1. The van der Waals surface area contributed by atoms with Crippen molar-refractivity contribution in [2.45, 2.75) is 12.8 Å². The van der Waals surface area contributed by atoms with E-state index in [2.05, 4.69) is 0 Å². The molecule has 0 aliphatic rings. The van der Waals surface area contributed by atoms with Crippen LogP contribution in [0.25, 0.3) is 10.8 Å². The first-order chi connectivity index (χ1) is 7.68. The molecule has 0 saturated carbocycles. The molecule has 0 aliphatic carbocycles. The highest BCUT2D eigenvalue weighted by Gasteiger charge is 2.05. The summed E-state index contributed by atoms with van der Waals surface area (Å²) in [7, 11) is 0. The molecular weight excluding hydrogens is 207 g/mol. The molecule has 0 unspecified atom stereocenters. The molecule has 0 spiro atoms. The zero-order valence-electron chi connectivity index (χ0n) is 8.61. The molecule has 82 valence electrons. The highest BCUT2D eigenvalue weighted by atomic mass is 19.1. The maximum atomic E-state index is 13.4. The first-order valence-corrected chi connectivity index (χ1v) is 5.06. The largest absolute Gasteiger partial charge is 0.481 e. The van der Waals surface area contributed by atoms with Crippen LogP contribution < -0.4 is 0 Å². The van der Waals surface area contributed by atoms with Gasteiger partial charge in [-0.1, -0.05) is 30.3 Å². The first kappa shape index (κ1) is 10.6. The van der Waals surface area contributed by atoms with Crippen molar-refractivity contribution in [1.82, 2.24) is 0 Å². The van der Waals surface area contributed by atoms with Gasteiger partial charge in [-0.2, -0.15) is 0 Å². The monoisotopic (exact) mass is 218 g/mol. The number of rotatable bonds is 3. The van der Waals surface area contributed by atoms with Crippen molar-refractivity contribution in [1.29, 1.82) is 0 Å². The van der Waals surface area contributed by atoms with Gasteiger partial charge < -0.3 is 5.11 Å². The van der Waals surface area contributed by atoms with Crippen molar-refractivity contribution in [2.75, 3.05) is 0 Å². The minimum absolute atomic E-state index is 0.0651. The molecular formula is C13H11FO2. The van der Waals surface area contributed by atoms with Gasteiger partial charge in [-0.25, -0.2) is 4.39 Å². The quantitative estimate of drug-likeness (QED) is 0.859. The molecule has 0 amide bonds. The van der Waals surface area contributed by atoms with Gasteiger partial charge >= 0.3 is 5.97 Å². The fourth-order valence-electron chi connectivity index (χ4n) is 1.80. The molecule has 0 bridgehead atoms. The molecule has 0 heterocycles. The molecule has 1 N–H and O–H groups in total. The Hall–Kier alpha value is -1.90. The molecule has 0 aliphatic heterocycles. The second kappa shape index (κ2) is 4.31. The molecule has 2 aromatic rings. The predicted octanol–water partition coefficient (Wildman–Crippen LogP) is 3.00. The topological polar surface area (TPSA) is 37.3 Å². The molecule has 0 saturated heterocycles. The van der Waals surface area contributed by atoms with E-state index in [1.807, 2.05) is 12.1 Å². The van der Waals surface area contributed by atoms with Crippen LogP contribution in [0, 0.1) is 5.82 Å². The smallest absolute Gasteiger partial charge is 0.303 e. The summed E-state index contributed by atoms with van der Waals surface area (Å²) in [6.45, 7) is 0. The molecule has 0 atom stereocenters. The minimum atomic E-state index is -0.839. The second-order valence-corrected chi connectivity index (χ2v) is 3.65. The normalized spacial score (nSPS) is 10.6. The fraction of sp³-hybridized carbons (Fsp3) is 0.154. The lowest BCUT2D eigenvalue weighted by Gasteiger charge is -2.05. The third kappa shape index (κ3) is 2.03. The Labute approximate surface area is 92.3 Å². The van der Waals surface area contributed by atoms with Gasteiger partial charge in [0, 0.05) is 11.8 Å². The molecule has 2 rings (SSSR count). The Kier molecular flexibility index (Phi) is 2.86. The fourth-order valence-corrected chi connectivity index (χ4v) is 1.80. The highest BCUT2D eigenvalue weighted by molar-refractivity contribution is 5.86. The Morgan fingerprint density at radius 3 is 2.56 bits per heavy atom. The lowest BCUT2D eigenvalue weighted by molar-refractivity contribution is -0.136. The summed E-state index contributed by atoms with van der Waals surface area (Å²) in [5.74, 6) is -1.11. The van der Waals surface area contributed by atoms with Gasteiger partial charge in [-0.15, -0.1) is 0 Å². The van der Waals surface area contributed by atoms with Crippen molar-refractivity contribution in [2.24, 2.45) is 0 Å². The summed E-state index contributed by atoms with van der Waals surface area (Å²) in [5.41, 5.74) is 0.874. The number of carboxylic acid groups (broad SMARTS) is 1. The Balaban J connectivity index is 2.45. The van der Waals surface area contributed by atoms with Crippen LogP contribution in [0.15, 0.2) is 36.4 Å². The second-order valence-electron chi connectivity index (χ2n) is 3.65. The van der Waals surface area contributed by atoms with E-state index in [9.17, 15) is 9.18 Å². The summed E-state index contributed by atoms with van der Waals surface area (Å²) in [4.78, 5) is 10.5. The van der Waals surface area contributed by atoms with E-state index >= 15 is 0 Å². The minimum Gasteiger partial charge on any atom is -0.481 e. The van der Waals surface area contributed by atoms with Crippen LogP contribution in [0.1, 0.15) is 12.0 Å². The molecule has 0 radical (unpaired) electrons. The summed E-state index contributed by atoms with van der Waals surface area (Å²) >= 11 is 0. The van der Waals surface area contributed by atoms with Crippen molar-refractivity contribution in [3.63, 3.8) is 0 Å². The van der Waals surface area contributed by atoms with Crippen molar-refractivity contribution >= 4 is 16.7 Å². The highest BCUT2D eigenvalue weighted by Crippen LogP contribution is 2.22. The van der Waals surface area contributed by atoms with E-state index in [-0.39, 0.29) is 12.2 Å². The van der Waals surface area contributed by atoms with E-state index in [0.29, 0.717) is 11.8 Å².